The number of benzene rings is 1. The first-order valence-electron chi connectivity index (χ1n) is 8.12. The highest BCUT2D eigenvalue weighted by Gasteiger charge is 2.50. The van der Waals surface area contributed by atoms with Gasteiger partial charge < -0.3 is 5.32 Å². The standard InChI is InChI=1S/C18H24IN/c1-12-4-17(19)3-2-16(12)11-20-18-8-13-5-14(9-18)7-15(6-13)10-18/h2-4,13-15,20H,5-11H2,1H3. The Morgan fingerprint density at radius 3 is 2.25 bits per heavy atom. The van der Waals surface area contributed by atoms with Crippen molar-refractivity contribution in [1.82, 2.24) is 5.32 Å². The average molecular weight is 381 g/mol. The summed E-state index contributed by atoms with van der Waals surface area (Å²) in [5.74, 6) is 3.10. The molecule has 0 atom stereocenters. The maximum Gasteiger partial charge on any atom is 0.0213 e. The number of halogens is 1. The van der Waals surface area contributed by atoms with Crippen LogP contribution >= 0.6 is 22.6 Å². The summed E-state index contributed by atoms with van der Waals surface area (Å²) in [5, 5.41) is 4.00. The maximum atomic E-state index is 4.00. The topological polar surface area (TPSA) is 12.0 Å². The normalized spacial score (nSPS) is 38.4. The largest absolute Gasteiger partial charge is 0.307 e. The van der Waals surface area contributed by atoms with Crippen molar-refractivity contribution >= 4 is 22.6 Å². The molecule has 1 aromatic carbocycles. The van der Waals surface area contributed by atoms with Gasteiger partial charge in [-0.2, -0.15) is 0 Å². The lowest BCUT2D eigenvalue weighted by molar-refractivity contribution is -0.0206. The molecule has 4 aliphatic carbocycles. The second-order valence-corrected chi connectivity index (χ2v) is 8.87. The van der Waals surface area contributed by atoms with Crippen molar-refractivity contribution in [3.8, 4) is 0 Å². The Bertz CT molecular complexity index is 487. The van der Waals surface area contributed by atoms with Crippen LogP contribution in [0.1, 0.15) is 49.7 Å². The first-order chi connectivity index (χ1) is 9.62. The molecule has 0 amide bonds. The van der Waals surface area contributed by atoms with Crippen LogP contribution in [-0.4, -0.2) is 5.54 Å². The number of hydrogen-bond acceptors (Lipinski definition) is 1. The molecule has 1 nitrogen and oxygen atoms in total. The maximum absolute atomic E-state index is 4.00. The van der Waals surface area contributed by atoms with E-state index in [2.05, 4.69) is 53.0 Å². The molecule has 1 N–H and O–H groups in total. The van der Waals surface area contributed by atoms with E-state index in [1.165, 1.54) is 53.2 Å². The molecule has 108 valence electrons. The first-order valence-corrected chi connectivity index (χ1v) is 9.20. The lowest BCUT2D eigenvalue weighted by atomic mass is 9.53. The van der Waals surface area contributed by atoms with E-state index in [0.29, 0.717) is 5.54 Å². The van der Waals surface area contributed by atoms with Gasteiger partial charge in [-0.15, -0.1) is 0 Å². The van der Waals surface area contributed by atoms with Crippen LogP contribution in [0.5, 0.6) is 0 Å². The first kappa shape index (κ1) is 13.6. The van der Waals surface area contributed by atoms with Crippen LogP contribution in [0.2, 0.25) is 0 Å². The molecule has 0 heterocycles. The smallest absolute Gasteiger partial charge is 0.0213 e. The second-order valence-electron chi connectivity index (χ2n) is 7.62. The van der Waals surface area contributed by atoms with Crippen LogP contribution in [0.3, 0.4) is 0 Å². The van der Waals surface area contributed by atoms with Gasteiger partial charge in [-0.25, -0.2) is 0 Å². The summed E-state index contributed by atoms with van der Waals surface area (Å²) < 4.78 is 1.35. The molecule has 0 aromatic heterocycles. The highest BCUT2D eigenvalue weighted by molar-refractivity contribution is 14.1. The van der Waals surface area contributed by atoms with Gasteiger partial charge in [0.15, 0.2) is 0 Å². The Labute approximate surface area is 136 Å². The molecule has 0 unspecified atom stereocenters. The molecule has 4 aliphatic rings. The molecule has 1 aromatic rings. The molecule has 2 heteroatoms. The Morgan fingerprint density at radius 1 is 1.10 bits per heavy atom. The van der Waals surface area contributed by atoms with Gasteiger partial charge in [0.1, 0.15) is 0 Å². The Morgan fingerprint density at radius 2 is 1.70 bits per heavy atom. The van der Waals surface area contributed by atoms with E-state index in [4.69, 9.17) is 0 Å². The highest BCUT2D eigenvalue weighted by atomic mass is 127. The van der Waals surface area contributed by atoms with E-state index < -0.39 is 0 Å². The summed E-state index contributed by atoms with van der Waals surface area (Å²) in [6.45, 7) is 3.31. The summed E-state index contributed by atoms with van der Waals surface area (Å²) in [7, 11) is 0. The van der Waals surface area contributed by atoms with E-state index in [1.54, 1.807) is 0 Å². The molecule has 0 spiro atoms. The van der Waals surface area contributed by atoms with Gasteiger partial charge in [0, 0.05) is 15.7 Å². The van der Waals surface area contributed by atoms with Gasteiger partial charge in [0.25, 0.3) is 0 Å². The van der Waals surface area contributed by atoms with Crippen molar-refractivity contribution in [2.24, 2.45) is 17.8 Å². The van der Waals surface area contributed by atoms with E-state index >= 15 is 0 Å². The predicted molar refractivity (Wildman–Crippen MR) is 91.6 cm³/mol. The third kappa shape index (κ3) is 2.43. The van der Waals surface area contributed by atoms with Crippen molar-refractivity contribution in [1.29, 1.82) is 0 Å². The van der Waals surface area contributed by atoms with Crippen LogP contribution in [0, 0.1) is 28.2 Å². The molecular weight excluding hydrogens is 357 g/mol. The summed E-state index contributed by atoms with van der Waals surface area (Å²) in [6.07, 6.45) is 8.93. The van der Waals surface area contributed by atoms with Crippen LogP contribution < -0.4 is 5.32 Å². The second kappa shape index (κ2) is 4.98. The lowest BCUT2D eigenvalue weighted by Crippen LogP contribution is -2.58. The monoisotopic (exact) mass is 381 g/mol. The predicted octanol–water partition coefficient (Wildman–Crippen LogP) is 4.66. The fourth-order valence-electron chi connectivity index (χ4n) is 5.47. The van der Waals surface area contributed by atoms with E-state index in [0.717, 1.165) is 24.3 Å². The summed E-state index contributed by atoms with van der Waals surface area (Å²) in [4.78, 5) is 0. The molecule has 20 heavy (non-hydrogen) atoms. The third-order valence-electron chi connectivity index (χ3n) is 6.00. The van der Waals surface area contributed by atoms with Gasteiger partial charge in [-0.3, -0.25) is 0 Å². The molecule has 4 bridgehead atoms. The number of rotatable bonds is 3. The van der Waals surface area contributed by atoms with Crippen LogP contribution in [0.4, 0.5) is 0 Å². The van der Waals surface area contributed by atoms with Crippen molar-refractivity contribution < 1.29 is 0 Å². The summed E-state index contributed by atoms with van der Waals surface area (Å²) in [6, 6.07) is 6.85. The highest BCUT2D eigenvalue weighted by Crippen LogP contribution is 2.55. The Kier molecular flexibility index (Phi) is 3.38. The minimum Gasteiger partial charge on any atom is -0.307 e. The van der Waals surface area contributed by atoms with Gasteiger partial charge >= 0.3 is 0 Å². The molecule has 0 radical (unpaired) electrons. The number of nitrogens with one attached hydrogen (secondary N) is 1. The van der Waals surface area contributed by atoms with Gasteiger partial charge in [0.2, 0.25) is 0 Å². The molecule has 0 aliphatic heterocycles. The fraction of sp³-hybridized carbons (Fsp3) is 0.667. The van der Waals surface area contributed by atoms with Crippen molar-refractivity contribution in [3.63, 3.8) is 0 Å². The zero-order chi connectivity index (χ0) is 13.7. The quantitative estimate of drug-likeness (QED) is 0.752. The average Bonchev–Trinajstić information content (AvgIpc) is 2.36. The van der Waals surface area contributed by atoms with Crippen LogP contribution in [0.25, 0.3) is 0 Å². The SMILES string of the molecule is Cc1cc(I)ccc1CNC12CC3CC(CC(C3)C1)C2. The van der Waals surface area contributed by atoms with E-state index in [-0.39, 0.29) is 0 Å². The molecule has 5 rings (SSSR count). The zero-order valence-electron chi connectivity index (χ0n) is 12.3. The summed E-state index contributed by atoms with van der Waals surface area (Å²) >= 11 is 2.40. The molecule has 0 saturated heterocycles. The fourth-order valence-corrected chi connectivity index (χ4v) is 6.11. The van der Waals surface area contributed by atoms with Gasteiger partial charge in [-0.05, 0) is 109 Å². The number of hydrogen-bond donors (Lipinski definition) is 1. The molecule has 4 saturated carbocycles. The van der Waals surface area contributed by atoms with Gasteiger partial charge in [-0.1, -0.05) is 6.07 Å². The van der Waals surface area contributed by atoms with E-state index in [9.17, 15) is 0 Å². The summed E-state index contributed by atoms with van der Waals surface area (Å²) in [5.41, 5.74) is 3.42. The third-order valence-corrected chi connectivity index (χ3v) is 6.67. The Hall–Kier alpha value is -0.0900. The molecule has 4 fully saturated rings. The van der Waals surface area contributed by atoms with Gasteiger partial charge in [0.05, 0.1) is 0 Å². The Balaban J connectivity index is 1.49. The number of aryl methyl sites for hydroxylation is 1. The minimum absolute atomic E-state index is 0.490. The van der Waals surface area contributed by atoms with Crippen molar-refractivity contribution in [2.75, 3.05) is 0 Å². The van der Waals surface area contributed by atoms with Crippen LogP contribution in [-0.2, 0) is 6.54 Å². The van der Waals surface area contributed by atoms with E-state index in [1.807, 2.05) is 0 Å². The lowest BCUT2D eigenvalue weighted by Gasteiger charge is -2.57. The van der Waals surface area contributed by atoms with Crippen molar-refractivity contribution in [2.45, 2.75) is 57.5 Å². The minimum atomic E-state index is 0.490. The molecular formula is C18H24IN. The van der Waals surface area contributed by atoms with Crippen molar-refractivity contribution in [3.05, 3.63) is 32.9 Å². The zero-order valence-corrected chi connectivity index (χ0v) is 14.4. The van der Waals surface area contributed by atoms with Crippen LogP contribution in [0.15, 0.2) is 18.2 Å².